The summed E-state index contributed by atoms with van der Waals surface area (Å²) in [6.45, 7) is 6.64. The van der Waals surface area contributed by atoms with Gasteiger partial charge in [0.25, 0.3) is 0 Å². The van der Waals surface area contributed by atoms with Crippen LogP contribution in [0.15, 0.2) is 0 Å². The highest BCUT2D eigenvalue weighted by Gasteiger charge is 2.49. The van der Waals surface area contributed by atoms with Gasteiger partial charge in [-0.25, -0.2) is 0 Å². The molecule has 0 amide bonds. The van der Waals surface area contributed by atoms with Gasteiger partial charge in [0.1, 0.15) is 5.78 Å². The fourth-order valence-electron chi connectivity index (χ4n) is 2.15. The number of rotatable bonds is 1. The van der Waals surface area contributed by atoms with E-state index in [0.717, 1.165) is 32.0 Å². The third-order valence-corrected chi connectivity index (χ3v) is 3.26. The Morgan fingerprint density at radius 1 is 1.33 bits per heavy atom. The van der Waals surface area contributed by atoms with Crippen molar-refractivity contribution in [2.75, 3.05) is 13.1 Å². The number of ketones is 1. The minimum atomic E-state index is 0.449. The van der Waals surface area contributed by atoms with E-state index in [0.29, 0.717) is 11.2 Å². The first-order valence-electron chi connectivity index (χ1n) is 4.85. The topological polar surface area (TPSA) is 20.3 Å². The molecule has 1 atom stereocenters. The zero-order chi connectivity index (χ0) is 8.77. The van der Waals surface area contributed by atoms with Gasteiger partial charge in [0.05, 0.1) is 0 Å². The molecule has 1 saturated heterocycles. The molecule has 0 N–H and O–H groups in total. The fourth-order valence-corrected chi connectivity index (χ4v) is 2.15. The largest absolute Gasteiger partial charge is 0.300 e. The van der Waals surface area contributed by atoms with Crippen LogP contribution in [0.3, 0.4) is 0 Å². The lowest BCUT2D eigenvalue weighted by atomic mass is 10.1. The van der Waals surface area contributed by atoms with Crippen LogP contribution in [0.4, 0.5) is 0 Å². The van der Waals surface area contributed by atoms with E-state index in [9.17, 15) is 4.79 Å². The number of nitrogens with zero attached hydrogens (tertiary/aromatic N) is 1. The second-order valence-corrected chi connectivity index (χ2v) is 4.78. The molecule has 0 aromatic heterocycles. The van der Waals surface area contributed by atoms with Crippen molar-refractivity contribution in [3.63, 3.8) is 0 Å². The van der Waals surface area contributed by atoms with Crippen LogP contribution in [-0.2, 0) is 4.79 Å². The SMILES string of the molecule is CC1(C)CC1N1CCC(=O)CC1. The molecule has 0 radical (unpaired) electrons. The number of carbonyl (C=O) groups excluding carboxylic acids is 1. The molecular weight excluding hydrogens is 150 g/mol. The van der Waals surface area contributed by atoms with Gasteiger partial charge in [-0.15, -0.1) is 0 Å². The molecule has 12 heavy (non-hydrogen) atoms. The van der Waals surface area contributed by atoms with Crippen molar-refractivity contribution in [3.8, 4) is 0 Å². The molecule has 1 saturated carbocycles. The fraction of sp³-hybridized carbons (Fsp3) is 0.900. The van der Waals surface area contributed by atoms with Crippen LogP contribution in [0.5, 0.6) is 0 Å². The Morgan fingerprint density at radius 2 is 1.83 bits per heavy atom. The number of hydrogen-bond acceptors (Lipinski definition) is 2. The first-order chi connectivity index (χ1) is 5.59. The predicted octanol–water partition coefficient (Wildman–Crippen LogP) is 1.45. The first-order valence-corrected chi connectivity index (χ1v) is 4.85. The number of piperidine rings is 1. The monoisotopic (exact) mass is 167 g/mol. The normalized spacial score (nSPS) is 35.2. The molecule has 2 fully saturated rings. The van der Waals surface area contributed by atoms with Crippen LogP contribution in [0.25, 0.3) is 0 Å². The van der Waals surface area contributed by atoms with Crippen molar-refractivity contribution in [2.24, 2.45) is 5.41 Å². The van der Waals surface area contributed by atoms with E-state index in [2.05, 4.69) is 18.7 Å². The predicted molar refractivity (Wildman–Crippen MR) is 48.0 cm³/mol. The molecule has 0 spiro atoms. The average molecular weight is 167 g/mol. The summed E-state index contributed by atoms with van der Waals surface area (Å²) in [5, 5.41) is 0. The van der Waals surface area contributed by atoms with Crippen molar-refractivity contribution in [3.05, 3.63) is 0 Å². The Labute approximate surface area is 73.9 Å². The third-order valence-electron chi connectivity index (χ3n) is 3.26. The highest BCUT2D eigenvalue weighted by Crippen LogP contribution is 2.48. The smallest absolute Gasteiger partial charge is 0.135 e. The maximum Gasteiger partial charge on any atom is 0.135 e. The Bertz CT molecular complexity index is 200. The van der Waals surface area contributed by atoms with Crippen LogP contribution in [0.2, 0.25) is 0 Å². The van der Waals surface area contributed by atoms with Crippen molar-refractivity contribution in [1.29, 1.82) is 0 Å². The molecule has 68 valence electrons. The summed E-state index contributed by atoms with van der Waals surface area (Å²) in [5.41, 5.74) is 0.528. The van der Waals surface area contributed by atoms with E-state index in [-0.39, 0.29) is 0 Å². The van der Waals surface area contributed by atoms with Crippen molar-refractivity contribution >= 4 is 5.78 Å². The second-order valence-electron chi connectivity index (χ2n) is 4.78. The summed E-state index contributed by atoms with van der Waals surface area (Å²) in [6.07, 6.45) is 2.89. The van der Waals surface area contributed by atoms with Gasteiger partial charge in [0, 0.05) is 32.0 Å². The maximum atomic E-state index is 11.0. The van der Waals surface area contributed by atoms with Gasteiger partial charge in [-0.2, -0.15) is 0 Å². The molecule has 2 aliphatic rings. The molecule has 1 unspecified atom stereocenters. The Hall–Kier alpha value is -0.370. The lowest BCUT2D eigenvalue weighted by Crippen LogP contribution is -2.37. The molecule has 2 rings (SSSR count). The minimum Gasteiger partial charge on any atom is -0.300 e. The number of likely N-dealkylation sites (tertiary alicyclic amines) is 1. The van der Waals surface area contributed by atoms with E-state index in [4.69, 9.17) is 0 Å². The molecule has 1 aliphatic carbocycles. The minimum absolute atomic E-state index is 0.449. The van der Waals surface area contributed by atoms with Gasteiger partial charge in [0.15, 0.2) is 0 Å². The summed E-state index contributed by atoms with van der Waals surface area (Å²) >= 11 is 0. The summed E-state index contributed by atoms with van der Waals surface area (Å²) in [5.74, 6) is 0.449. The highest BCUT2D eigenvalue weighted by atomic mass is 16.1. The van der Waals surface area contributed by atoms with Crippen LogP contribution in [0.1, 0.15) is 33.1 Å². The summed E-state index contributed by atoms with van der Waals surface area (Å²) < 4.78 is 0. The van der Waals surface area contributed by atoms with E-state index < -0.39 is 0 Å². The van der Waals surface area contributed by atoms with Crippen molar-refractivity contribution < 1.29 is 4.79 Å². The summed E-state index contributed by atoms with van der Waals surface area (Å²) in [4.78, 5) is 13.5. The molecular formula is C10H17NO. The first kappa shape index (κ1) is 8.24. The lowest BCUT2D eigenvalue weighted by Gasteiger charge is -2.27. The van der Waals surface area contributed by atoms with E-state index in [1.807, 2.05) is 0 Å². The van der Waals surface area contributed by atoms with Gasteiger partial charge in [-0.1, -0.05) is 13.8 Å². The van der Waals surface area contributed by atoms with Crippen LogP contribution >= 0.6 is 0 Å². The maximum absolute atomic E-state index is 11.0. The highest BCUT2D eigenvalue weighted by molar-refractivity contribution is 5.79. The molecule has 2 heteroatoms. The quantitative estimate of drug-likeness (QED) is 0.589. The van der Waals surface area contributed by atoms with Gasteiger partial charge in [-0.05, 0) is 11.8 Å². The average Bonchev–Trinajstić information content (AvgIpc) is 2.61. The Balaban J connectivity index is 1.88. The van der Waals surface area contributed by atoms with E-state index >= 15 is 0 Å². The van der Waals surface area contributed by atoms with Gasteiger partial charge < -0.3 is 0 Å². The van der Waals surface area contributed by atoms with Gasteiger partial charge >= 0.3 is 0 Å². The molecule has 1 heterocycles. The number of Topliss-reactive ketones (excluding diaryl/α,β-unsaturated/α-hetero) is 1. The second kappa shape index (κ2) is 2.56. The zero-order valence-corrected chi connectivity index (χ0v) is 7.97. The Kier molecular flexibility index (Phi) is 1.76. The van der Waals surface area contributed by atoms with Crippen molar-refractivity contribution in [1.82, 2.24) is 4.90 Å². The van der Waals surface area contributed by atoms with Crippen LogP contribution in [-0.4, -0.2) is 29.8 Å². The van der Waals surface area contributed by atoms with E-state index in [1.165, 1.54) is 6.42 Å². The van der Waals surface area contributed by atoms with Gasteiger partial charge in [0.2, 0.25) is 0 Å². The summed E-state index contributed by atoms with van der Waals surface area (Å²) in [7, 11) is 0. The lowest BCUT2D eigenvalue weighted by molar-refractivity contribution is -0.121. The molecule has 1 aliphatic heterocycles. The molecule has 2 nitrogen and oxygen atoms in total. The third kappa shape index (κ3) is 1.40. The standard InChI is InChI=1S/C10H17NO/c1-10(2)7-9(10)11-5-3-8(12)4-6-11/h9H,3-7H2,1-2H3. The molecule has 0 aromatic carbocycles. The molecule has 0 bridgehead atoms. The van der Waals surface area contributed by atoms with Crippen LogP contribution < -0.4 is 0 Å². The number of carbonyl (C=O) groups is 1. The summed E-state index contributed by atoms with van der Waals surface area (Å²) in [6, 6.07) is 0.769. The molecule has 0 aromatic rings. The Morgan fingerprint density at radius 3 is 2.25 bits per heavy atom. The van der Waals surface area contributed by atoms with Crippen molar-refractivity contribution in [2.45, 2.75) is 39.2 Å². The zero-order valence-electron chi connectivity index (χ0n) is 7.97. The number of hydrogen-bond donors (Lipinski definition) is 0. The van der Waals surface area contributed by atoms with Crippen LogP contribution in [0, 0.1) is 5.41 Å². The van der Waals surface area contributed by atoms with Gasteiger partial charge in [-0.3, -0.25) is 9.69 Å². The van der Waals surface area contributed by atoms with E-state index in [1.54, 1.807) is 0 Å².